The number of aromatic nitrogens is 1. The Kier molecular flexibility index (Phi) is 5.24. The fourth-order valence-electron chi connectivity index (χ4n) is 4.71. The smallest absolute Gasteiger partial charge is 0.169 e. The molecule has 1 aliphatic carbocycles. The highest BCUT2D eigenvalue weighted by molar-refractivity contribution is 7.80. The van der Waals surface area contributed by atoms with Gasteiger partial charge in [0.05, 0.1) is 6.04 Å². The van der Waals surface area contributed by atoms with Crippen LogP contribution in [0.25, 0.3) is 16.5 Å². The van der Waals surface area contributed by atoms with Crippen molar-refractivity contribution in [3.63, 3.8) is 0 Å². The third kappa shape index (κ3) is 3.27. The molecule has 0 spiro atoms. The SMILES string of the molecule is CCCN1C[C@@H](NC(=S)N(CC)CC)C=C2c3cccc4[nH]cc(c34)C[C@H]21. The van der Waals surface area contributed by atoms with E-state index in [2.05, 4.69) is 71.3 Å². The molecule has 0 saturated heterocycles. The maximum atomic E-state index is 5.68. The maximum absolute atomic E-state index is 5.68. The second-order valence-electron chi connectivity index (χ2n) is 7.61. The van der Waals surface area contributed by atoms with Crippen LogP contribution in [0.5, 0.6) is 0 Å². The molecule has 5 heteroatoms. The second kappa shape index (κ2) is 7.64. The predicted octanol–water partition coefficient (Wildman–Crippen LogP) is 3.79. The lowest BCUT2D eigenvalue weighted by Crippen LogP contribution is -2.54. The minimum absolute atomic E-state index is 0.256. The standard InChI is InChI=1S/C22H30N4S/c1-4-10-26-14-16(24-22(27)25(5-2)6-3)12-18-17-8-7-9-19-21(17)15(13-23-19)11-20(18)26/h7-9,12-13,16,20,23H,4-6,10-11,14H2,1-3H3,(H,24,27)/t16-,20+/m0/s1. The van der Waals surface area contributed by atoms with Gasteiger partial charge in [0.15, 0.2) is 5.11 Å². The summed E-state index contributed by atoms with van der Waals surface area (Å²) >= 11 is 5.68. The average molecular weight is 383 g/mol. The van der Waals surface area contributed by atoms with Gasteiger partial charge < -0.3 is 15.2 Å². The van der Waals surface area contributed by atoms with Crippen LogP contribution in [0, 0.1) is 0 Å². The minimum Gasteiger partial charge on any atom is -0.361 e. The van der Waals surface area contributed by atoms with Crippen LogP contribution in [0.15, 0.2) is 30.5 Å². The Bertz CT molecular complexity index is 864. The topological polar surface area (TPSA) is 34.3 Å². The zero-order chi connectivity index (χ0) is 19.0. The van der Waals surface area contributed by atoms with Gasteiger partial charge in [-0.3, -0.25) is 4.90 Å². The van der Waals surface area contributed by atoms with E-state index < -0.39 is 0 Å². The average Bonchev–Trinajstić information content (AvgIpc) is 3.08. The Morgan fingerprint density at radius 1 is 1.30 bits per heavy atom. The third-order valence-electron chi connectivity index (χ3n) is 5.99. The fraction of sp³-hybridized carbons (Fsp3) is 0.500. The highest BCUT2D eigenvalue weighted by atomic mass is 32.1. The summed E-state index contributed by atoms with van der Waals surface area (Å²) in [5, 5.41) is 5.90. The summed E-state index contributed by atoms with van der Waals surface area (Å²) in [4.78, 5) is 8.32. The van der Waals surface area contributed by atoms with E-state index in [9.17, 15) is 0 Å². The van der Waals surface area contributed by atoms with Gasteiger partial charge in [0.1, 0.15) is 0 Å². The van der Waals surface area contributed by atoms with Crippen molar-refractivity contribution < 1.29 is 0 Å². The first-order chi connectivity index (χ1) is 13.2. The van der Waals surface area contributed by atoms with E-state index in [0.717, 1.165) is 37.7 Å². The van der Waals surface area contributed by atoms with Crippen LogP contribution >= 0.6 is 12.2 Å². The lowest BCUT2D eigenvalue weighted by molar-refractivity contribution is 0.213. The summed E-state index contributed by atoms with van der Waals surface area (Å²) in [6, 6.07) is 7.36. The van der Waals surface area contributed by atoms with Crippen molar-refractivity contribution in [2.45, 2.75) is 45.7 Å². The monoisotopic (exact) mass is 382 g/mol. The Morgan fingerprint density at radius 3 is 2.85 bits per heavy atom. The van der Waals surface area contributed by atoms with Gasteiger partial charge in [-0.25, -0.2) is 0 Å². The first kappa shape index (κ1) is 18.5. The summed E-state index contributed by atoms with van der Waals surface area (Å²) in [5.74, 6) is 0. The van der Waals surface area contributed by atoms with Gasteiger partial charge in [0.25, 0.3) is 0 Å². The molecular weight excluding hydrogens is 352 g/mol. The molecule has 0 saturated carbocycles. The second-order valence-corrected chi connectivity index (χ2v) is 7.99. The minimum atomic E-state index is 0.256. The van der Waals surface area contributed by atoms with Crippen LogP contribution in [-0.2, 0) is 6.42 Å². The van der Waals surface area contributed by atoms with E-state index in [-0.39, 0.29) is 6.04 Å². The zero-order valence-corrected chi connectivity index (χ0v) is 17.4. The number of thiocarbonyl (C=S) groups is 1. The van der Waals surface area contributed by atoms with Crippen molar-refractivity contribution >= 4 is 33.8 Å². The number of H-pyrrole nitrogens is 1. The molecule has 4 rings (SSSR count). The van der Waals surface area contributed by atoms with E-state index in [0.29, 0.717) is 6.04 Å². The van der Waals surface area contributed by atoms with Crippen LogP contribution < -0.4 is 5.32 Å². The van der Waals surface area contributed by atoms with Gasteiger partial charge >= 0.3 is 0 Å². The first-order valence-electron chi connectivity index (χ1n) is 10.3. The number of rotatable bonds is 5. The van der Waals surface area contributed by atoms with Crippen LogP contribution in [0.1, 0.15) is 38.3 Å². The molecule has 0 bridgehead atoms. The van der Waals surface area contributed by atoms with Crippen molar-refractivity contribution in [2.75, 3.05) is 26.2 Å². The molecule has 1 aromatic carbocycles. The van der Waals surface area contributed by atoms with Crippen molar-refractivity contribution in [2.24, 2.45) is 0 Å². The molecule has 1 aromatic heterocycles. The quantitative estimate of drug-likeness (QED) is 0.771. The van der Waals surface area contributed by atoms with Crippen LogP contribution in [-0.4, -0.2) is 58.2 Å². The number of nitrogens with one attached hydrogen (secondary N) is 2. The van der Waals surface area contributed by atoms with E-state index in [1.54, 1.807) is 0 Å². The molecule has 2 aliphatic rings. The molecule has 144 valence electrons. The lowest BCUT2D eigenvalue weighted by atomic mass is 9.81. The van der Waals surface area contributed by atoms with Crippen molar-refractivity contribution in [1.82, 2.24) is 20.1 Å². The zero-order valence-electron chi connectivity index (χ0n) is 16.6. The summed E-state index contributed by atoms with van der Waals surface area (Å²) < 4.78 is 0. The summed E-state index contributed by atoms with van der Waals surface area (Å²) in [6.45, 7) is 10.6. The van der Waals surface area contributed by atoms with Crippen LogP contribution in [0.2, 0.25) is 0 Å². The molecule has 0 unspecified atom stereocenters. The van der Waals surface area contributed by atoms with Gasteiger partial charge in [-0.05, 0) is 68.2 Å². The lowest BCUT2D eigenvalue weighted by Gasteiger charge is -2.42. The predicted molar refractivity (Wildman–Crippen MR) is 118 cm³/mol. The highest BCUT2D eigenvalue weighted by Crippen LogP contribution is 2.40. The van der Waals surface area contributed by atoms with E-state index in [4.69, 9.17) is 12.2 Å². The summed E-state index contributed by atoms with van der Waals surface area (Å²) in [7, 11) is 0. The molecule has 4 nitrogen and oxygen atoms in total. The highest BCUT2D eigenvalue weighted by Gasteiger charge is 2.35. The van der Waals surface area contributed by atoms with Gasteiger partial charge in [0.2, 0.25) is 0 Å². The Labute approximate surface area is 167 Å². The van der Waals surface area contributed by atoms with E-state index >= 15 is 0 Å². The Balaban J connectivity index is 1.70. The normalized spacial score (nSPS) is 21.7. The number of hydrogen-bond acceptors (Lipinski definition) is 2. The summed E-state index contributed by atoms with van der Waals surface area (Å²) in [5.41, 5.74) is 5.56. The molecule has 1 aliphatic heterocycles. The largest absolute Gasteiger partial charge is 0.361 e. The third-order valence-corrected chi connectivity index (χ3v) is 6.37. The molecule has 0 amide bonds. The van der Waals surface area contributed by atoms with E-state index in [1.165, 1.54) is 34.0 Å². The maximum Gasteiger partial charge on any atom is 0.169 e. The van der Waals surface area contributed by atoms with Crippen molar-refractivity contribution in [3.8, 4) is 0 Å². The molecule has 27 heavy (non-hydrogen) atoms. The molecule has 2 atom stereocenters. The molecule has 0 radical (unpaired) electrons. The Morgan fingerprint density at radius 2 is 2.11 bits per heavy atom. The van der Waals surface area contributed by atoms with Gasteiger partial charge in [-0.1, -0.05) is 25.1 Å². The van der Waals surface area contributed by atoms with E-state index in [1.807, 2.05) is 0 Å². The number of benzene rings is 1. The summed E-state index contributed by atoms with van der Waals surface area (Å²) in [6.07, 6.45) is 6.91. The molecule has 2 N–H and O–H groups in total. The number of aromatic amines is 1. The molecule has 2 aromatic rings. The number of hydrogen-bond donors (Lipinski definition) is 2. The van der Waals surface area contributed by atoms with Crippen molar-refractivity contribution in [1.29, 1.82) is 0 Å². The van der Waals surface area contributed by atoms with Crippen molar-refractivity contribution in [3.05, 3.63) is 41.6 Å². The molecule has 0 fully saturated rings. The van der Waals surface area contributed by atoms with Gasteiger partial charge in [-0.2, -0.15) is 0 Å². The number of nitrogens with zero attached hydrogens (tertiary/aromatic N) is 2. The number of fused-ring (bicyclic) bond motifs is 2. The van der Waals surface area contributed by atoms with Crippen LogP contribution in [0.4, 0.5) is 0 Å². The molecule has 2 heterocycles. The van der Waals surface area contributed by atoms with Gasteiger partial charge in [-0.15, -0.1) is 0 Å². The fourth-order valence-corrected chi connectivity index (χ4v) is 5.12. The van der Waals surface area contributed by atoms with Crippen LogP contribution in [0.3, 0.4) is 0 Å². The van der Waals surface area contributed by atoms with Gasteiger partial charge in [0, 0.05) is 42.8 Å². The Hall–Kier alpha value is -1.85. The molecular formula is C22H30N4S. The first-order valence-corrected chi connectivity index (χ1v) is 10.7.